The van der Waals surface area contributed by atoms with Crippen molar-refractivity contribution in [2.75, 3.05) is 26.5 Å². The van der Waals surface area contributed by atoms with Gasteiger partial charge in [0.15, 0.2) is 11.5 Å². The number of pyridine rings is 1. The number of ether oxygens (including phenoxy) is 2. The van der Waals surface area contributed by atoms with Crippen LogP contribution in [0.25, 0.3) is 10.9 Å². The predicted octanol–water partition coefficient (Wildman–Crippen LogP) is 3.34. The van der Waals surface area contributed by atoms with E-state index in [-0.39, 0.29) is 0 Å². The fourth-order valence-corrected chi connectivity index (χ4v) is 3.45. The molecular weight excluding hydrogens is 310 g/mol. The third-order valence-corrected chi connectivity index (χ3v) is 4.76. The molecule has 0 spiro atoms. The number of thioether (sulfide) groups is 1. The summed E-state index contributed by atoms with van der Waals surface area (Å²) in [7, 11) is 3.20. The van der Waals surface area contributed by atoms with Crippen LogP contribution in [0.2, 0.25) is 0 Å². The summed E-state index contributed by atoms with van der Waals surface area (Å²) in [6.07, 6.45) is 4.83. The highest BCUT2D eigenvalue weighted by Crippen LogP contribution is 2.37. The van der Waals surface area contributed by atoms with Crippen molar-refractivity contribution in [2.45, 2.75) is 24.2 Å². The molecule has 0 radical (unpaired) electrons. The van der Waals surface area contributed by atoms with Crippen LogP contribution in [0.15, 0.2) is 23.2 Å². The molecule has 6 heteroatoms. The molecule has 23 heavy (non-hydrogen) atoms. The fraction of sp³-hybridized carbons (Fsp3) is 0.412. The molecule has 0 aliphatic heterocycles. The zero-order valence-corrected chi connectivity index (χ0v) is 14.3. The Hall–Kier alpha value is -1.97. The number of aromatic nitrogens is 1. The van der Waals surface area contributed by atoms with Gasteiger partial charge in [-0.15, -0.1) is 11.8 Å². The summed E-state index contributed by atoms with van der Waals surface area (Å²) >= 11 is 1.68. The Morgan fingerprint density at radius 1 is 1.17 bits per heavy atom. The van der Waals surface area contributed by atoms with E-state index in [9.17, 15) is 5.26 Å². The molecule has 1 aromatic carbocycles. The maximum Gasteiger partial charge on any atom is 0.162 e. The molecule has 0 amide bonds. The first-order valence-corrected chi connectivity index (χ1v) is 8.51. The van der Waals surface area contributed by atoms with Crippen LogP contribution < -0.4 is 15.2 Å². The number of benzene rings is 1. The first-order chi connectivity index (χ1) is 11.2. The molecular formula is C17H21N3O2S. The van der Waals surface area contributed by atoms with Gasteiger partial charge in [-0.25, -0.2) is 0 Å². The minimum atomic E-state index is 0.591. The number of nitriles is 1. The highest BCUT2D eigenvalue weighted by Gasteiger charge is 2.14. The second-order valence-corrected chi connectivity index (χ2v) is 6.14. The zero-order valence-electron chi connectivity index (χ0n) is 13.5. The second kappa shape index (κ2) is 8.61. The third kappa shape index (κ3) is 4.06. The van der Waals surface area contributed by atoms with E-state index < -0.39 is 0 Å². The number of unbranched alkanes of at least 4 members (excludes halogenated alkanes) is 2. The van der Waals surface area contributed by atoms with Crippen molar-refractivity contribution in [3.05, 3.63) is 23.9 Å². The van der Waals surface area contributed by atoms with Crippen LogP contribution in [-0.2, 0) is 0 Å². The number of rotatable bonds is 8. The van der Waals surface area contributed by atoms with Gasteiger partial charge >= 0.3 is 0 Å². The van der Waals surface area contributed by atoms with Gasteiger partial charge in [-0.2, -0.15) is 5.26 Å². The Balaban J connectivity index is 2.37. The lowest BCUT2D eigenvalue weighted by molar-refractivity contribution is 0.355. The molecule has 0 atom stereocenters. The smallest absolute Gasteiger partial charge is 0.162 e. The summed E-state index contributed by atoms with van der Waals surface area (Å²) in [6.45, 7) is 0.725. The van der Waals surface area contributed by atoms with Gasteiger partial charge in [0.25, 0.3) is 0 Å². The number of nitrogens with zero attached hydrogens (tertiary/aromatic N) is 2. The Labute approximate surface area is 140 Å². The molecule has 0 unspecified atom stereocenters. The quantitative estimate of drug-likeness (QED) is 0.590. The van der Waals surface area contributed by atoms with E-state index in [1.165, 1.54) is 0 Å². The molecule has 0 saturated carbocycles. The molecule has 0 saturated heterocycles. The first kappa shape index (κ1) is 17.4. The normalized spacial score (nSPS) is 10.5. The maximum atomic E-state index is 9.37. The van der Waals surface area contributed by atoms with E-state index in [0.717, 1.165) is 47.4 Å². The summed E-state index contributed by atoms with van der Waals surface area (Å²) in [6, 6.07) is 5.96. The lowest BCUT2D eigenvalue weighted by Crippen LogP contribution is -1.98. The highest BCUT2D eigenvalue weighted by atomic mass is 32.2. The van der Waals surface area contributed by atoms with Crippen molar-refractivity contribution in [3.63, 3.8) is 0 Å². The second-order valence-electron chi connectivity index (χ2n) is 5.03. The Morgan fingerprint density at radius 2 is 1.91 bits per heavy atom. The van der Waals surface area contributed by atoms with Gasteiger partial charge in [-0.1, -0.05) is 6.42 Å². The van der Waals surface area contributed by atoms with Gasteiger partial charge in [0.1, 0.15) is 6.07 Å². The van der Waals surface area contributed by atoms with Crippen molar-refractivity contribution in [1.29, 1.82) is 5.26 Å². The summed E-state index contributed by atoms with van der Waals surface area (Å²) < 4.78 is 10.7. The topological polar surface area (TPSA) is 81.2 Å². The third-order valence-electron chi connectivity index (χ3n) is 3.54. The molecule has 1 aromatic heterocycles. The van der Waals surface area contributed by atoms with E-state index in [4.69, 9.17) is 15.2 Å². The van der Waals surface area contributed by atoms with E-state index in [1.807, 2.05) is 12.1 Å². The molecule has 122 valence electrons. The molecule has 0 fully saturated rings. The number of fused-ring (bicyclic) bond motifs is 1. The molecule has 5 nitrogen and oxygen atoms in total. The average molecular weight is 331 g/mol. The SMILES string of the molecule is COc1cc2ncc(C#N)c(SCCCCCN)c2cc1OC. The van der Waals surface area contributed by atoms with Gasteiger partial charge in [-0.05, 0) is 31.2 Å². The summed E-state index contributed by atoms with van der Waals surface area (Å²) in [4.78, 5) is 5.32. The summed E-state index contributed by atoms with van der Waals surface area (Å²) in [5, 5.41) is 10.3. The molecule has 2 N–H and O–H groups in total. The van der Waals surface area contributed by atoms with Crippen molar-refractivity contribution >= 4 is 22.7 Å². The Morgan fingerprint density at radius 3 is 2.57 bits per heavy atom. The lowest BCUT2D eigenvalue weighted by Gasteiger charge is -2.12. The lowest BCUT2D eigenvalue weighted by atomic mass is 10.1. The first-order valence-electron chi connectivity index (χ1n) is 7.52. The number of hydrogen-bond acceptors (Lipinski definition) is 6. The van der Waals surface area contributed by atoms with Crippen molar-refractivity contribution < 1.29 is 9.47 Å². The highest BCUT2D eigenvalue weighted by molar-refractivity contribution is 7.99. The number of nitrogens with two attached hydrogens (primary N) is 1. The predicted molar refractivity (Wildman–Crippen MR) is 93.2 cm³/mol. The Kier molecular flexibility index (Phi) is 6.51. The zero-order chi connectivity index (χ0) is 16.7. The van der Waals surface area contributed by atoms with E-state index in [1.54, 1.807) is 32.2 Å². The largest absolute Gasteiger partial charge is 0.493 e. The van der Waals surface area contributed by atoms with E-state index in [0.29, 0.717) is 17.1 Å². The molecule has 2 aromatic rings. The van der Waals surface area contributed by atoms with Gasteiger partial charge in [-0.3, -0.25) is 4.98 Å². The van der Waals surface area contributed by atoms with Crippen LogP contribution in [0.4, 0.5) is 0 Å². The summed E-state index contributed by atoms with van der Waals surface area (Å²) in [5.74, 6) is 2.22. The van der Waals surface area contributed by atoms with Crippen molar-refractivity contribution in [3.8, 4) is 17.6 Å². The average Bonchev–Trinajstić information content (AvgIpc) is 2.60. The van der Waals surface area contributed by atoms with Crippen LogP contribution in [0.3, 0.4) is 0 Å². The van der Waals surface area contributed by atoms with Crippen LogP contribution in [0.5, 0.6) is 11.5 Å². The van der Waals surface area contributed by atoms with Crippen molar-refractivity contribution in [1.82, 2.24) is 4.98 Å². The van der Waals surface area contributed by atoms with E-state index >= 15 is 0 Å². The minimum absolute atomic E-state index is 0.591. The van der Waals surface area contributed by atoms with Crippen LogP contribution in [0, 0.1) is 11.3 Å². The summed E-state index contributed by atoms with van der Waals surface area (Å²) in [5.41, 5.74) is 6.91. The minimum Gasteiger partial charge on any atom is -0.493 e. The maximum absolute atomic E-state index is 9.37. The van der Waals surface area contributed by atoms with Crippen molar-refractivity contribution in [2.24, 2.45) is 5.73 Å². The molecule has 2 rings (SSSR count). The van der Waals surface area contributed by atoms with Crippen LogP contribution in [0.1, 0.15) is 24.8 Å². The molecule has 1 heterocycles. The molecule has 0 aliphatic carbocycles. The van der Waals surface area contributed by atoms with Gasteiger partial charge in [0, 0.05) is 22.5 Å². The van der Waals surface area contributed by atoms with Gasteiger partial charge in [0.2, 0.25) is 0 Å². The standard InChI is InChI=1S/C17H21N3O2S/c1-21-15-8-13-14(9-16(15)22-2)20-11-12(10-19)17(13)23-7-5-3-4-6-18/h8-9,11H,3-7,18H2,1-2H3. The number of methoxy groups -OCH3 is 2. The van der Waals surface area contributed by atoms with Gasteiger partial charge < -0.3 is 15.2 Å². The van der Waals surface area contributed by atoms with Gasteiger partial charge in [0.05, 0.1) is 25.3 Å². The Bertz CT molecular complexity index is 713. The molecule has 0 aliphatic rings. The fourth-order valence-electron chi connectivity index (χ4n) is 2.33. The van der Waals surface area contributed by atoms with E-state index in [2.05, 4.69) is 11.1 Å². The van der Waals surface area contributed by atoms with Crippen LogP contribution >= 0.6 is 11.8 Å². The molecule has 0 bridgehead atoms. The number of hydrogen-bond donors (Lipinski definition) is 1. The monoisotopic (exact) mass is 331 g/mol. The van der Waals surface area contributed by atoms with Crippen LogP contribution in [-0.4, -0.2) is 31.5 Å².